The van der Waals surface area contributed by atoms with Crippen LogP contribution in [0.3, 0.4) is 0 Å². The molecule has 0 radical (unpaired) electrons. The number of carbonyl (C=O) groups is 1. The van der Waals surface area contributed by atoms with Gasteiger partial charge in [-0.1, -0.05) is 0 Å². The number of ether oxygens (including phenoxy) is 1. The molecule has 2 N–H and O–H groups in total. The van der Waals surface area contributed by atoms with Crippen LogP contribution < -0.4 is 10.1 Å². The van der Waals surface area contributed by atoms with Crippen LogP contribution in [0.4, 0.5) is 14.5 Å². The molecule has 0 saturated heterocycles. The van der Waals surface area contributed by atoms with Crippen LogP contribution in [-0.4, -0.2) is 18.0 Å². The number of anilines is 1. The SMILES string of the molecule is COc1ccc2[nH]cc(C3(C(=O)Nc4ccc(F)cc4F)CC3)c2c1. The number of carbonyl (C=O) groups excluding carboxylic acids is 1. The molecule has 0 atom stereocenters. The summed E-state index contributed by atoms with van der Waals surface area (Å²) in [6.07, 6.45) is 3.16. The molecule has 0 unspecified atom stereocenters. The first-order valence-electron chi connectivity index (χ1n) is 7.95. The van der Waals surface area contributed by atoms with Crippen LogP contribution in [0.15, 0.2) is 42.6 Å². The predicted octanol–water partition coefficient (Wildman–Crippen LogP) is 4.13. The van der Waals surface area contributed by atoms with Crippen molar-refractivity contribution < 1.29 is 18.3 Å². The van der Waals surface area contributed by atoms with Gasteiger partial charge in [0.25, 0.3) is 0 Å². The third kappa shape index (κ3) is 2.54. The molecule has 1 aliphatic carbocycles. The van der Waals surface area contributed by atoms with Crippen molar-refractivity contribution >= 4 is 22.5 Å². The van der Waals surface area contributed by atoms with Crippen molar-refractivity contribution in [2.24, 2.45) is 0 Å². The van der Waals surface area contributed by atoms with Gasteiger partial charge in [0.2, 0.25) is 5.91 Å². The molecule has 4 nitrogen and oxygen atoms in total. The van der Waals surface area contributed by atoms with E-state index in [1.54, 1.807) is 7.11 Å². The van der Waals surface area contributed by atoms with Gasteiger partial charge in [-0.3, -0.25) is 4.79 Å². The lowest BCUT2D eigenvalue weighted by atomic mass is 9.94. The number of amides is 1. The van der Waals surface area contributed by atoms with Gasteiger partial charge in [0.1, 0.15) is 17.4 Å². The lowest BCUT2D eigenvalue weighted by Gasteiger charge is -2.15. The Bertz CT molecular complexity index is 977. The third-order valence-electron chi connectivity index (χ3n) is 4.77. The van der Waals surface area contributed by atoms with Gasteiger partial charge in [-0.05, 0) is 48.7 Å². The van der Waals surface area contributed by atoms with Crippen molar-refractivity contribution in [3.63, 3.8) is 0 Å². The van der Waals surface area contributed by atoms with Crippen molar-refractivity contribution in [2.45, 2.75) is 18.3 Å². The summed E-state index contributed by atoms with van der Waals surface area (Å²) in [7, 11) is 1.59. The van der Waals surface area contributed by atoms with Crippen molar-refractivity contribution in [1.82, 2.24) is 4.98 Å². The summed E-state index contributed by atoms with van der Waals surface area (Å²) in [6.45, 7) is 0. The second-order valence-corrected chi connectivity index (χ2v) is 6.27. The molecule has 1 aromatic heterocycles. The molecule has 25 heavy (non-hydrogen) atoms. The third-order valence-corrected chi connectivity index (χ3v) is 4.77. The maximum atomic E-state index is 13.8. The summed E-state index contributed by atoms with van der Waals surface area (Å²) in [5.74, 6) is -1.05. The van der Waals surface area contributed by atoms with Crippen LogP contribution in [0.1, 0.15) is 18.4 Å². The zero-order chi connectivity index (χ0) is 17.6. The number of hydrogen-bond acceptors (Lipinski definition) is 2. The van der Waals surface area contributed by atoms with E-state index < -0.39 is 17.0 Å². The number of methoxy groups -OCH3 is 1. The van der Waals surface area contributed by atoms with E-state index in [9.17, 15) is 13.6 Å². The van der Waals surface area contributed by atoms with Crippen LogP contribution >= 0.6 is 0 Å². The number of rotatable bonds is 4. The second kappa shape index (κ2) is 5.58. The molecular weight excluding hydrogens is 326 g/mol. The standard InChI is InChI=1S/C19H16F2N2O2/c1-25-12-3-5-16-13(9-12)14(10-22-16)19(6-7-19)18(24)23-17-4-2-11(20)8-15(17)21/h2-5,8-10,22H,6-7H2,1H3,(H,23,24). The normalized spacial score (nSPS) is 15.2. The number of hydrogen-bond donors (Lipinski definition) is 2. The van der Waals surface area contributed by atoms with Gasteiger partial charge in [-0.25, -0.2) is 8.78 Å². The fourth-order valence-corrected chi connectivity index (χ4v) is 3.20. The van der Waals surface area contributed by atoms with Gasteiger partial charge in [0, 0.05) is 23.2 Å². The zero-order valence-corrected chi connectivity index (χ0v) is 13.5. The monoisotopic (exact) mass is 342 g/mol. The van der Waals surface area contributed by atoms with Crippen molar-refractivity contribution in [1.29, 1.82) is 0 Å². The second-order valence-electron chi connectivity index (χ2n) is 6.27. The fourth-order valence-electron chi connectivity index (χ4n) is 3.20. The highest BCUT2D eigenvalue weighted by Crippen LogP contribution is 2.51. The highest BCUT2D eigenvalue weighted by atomic mass is 19.1. The Balaban J connectivity index is 1.69. The molecule has 1 saturated carbocycles. The summed E-state index contributed by atoms with van der Waals surface area (Å²) in [4.78, 5) is 16.0. The van der Waals surface area contributed by atoms with Crippen molar-refractivity contribution in [3.8, 4) is 5.75 Å². The van der Waals surface area contributed by atoms with E-state index in [-0.39, 0.29) is 11.6 Å². The smallest absolute Gasteiger partial charge is 0.235 e. The summed E-state index contributed by atoms with van der Waals surface area (Å²) < 4.78 is 32.1. The largest absolute Gasteiger partial charge is 0.497 e. The number of nitrogens with one attached hydrogen (secondary N) is 2. The average Bonchev–Trinajstić information content (AvgIpc) is 3.30. The molecule has 4 rings (SSSR count). The van der Waals surface area contributed by atoms with Gasteiger partial charge in [0.05, 0.1) is 18.2 Å². The lowest BCUT2D eigenvalue weighted by molar-refractivity contribution is -0.118. The van der Waals surface area contributed by atoms with Gasteiger partial charge >= 0.3 is 0 Å². The number of benzene rings is 2. The molecule has 0 spiro atoms. The van der Waals surface area contributed by atoms with Gasteiger partial charge < -0.3 is 15.0 Å². The van der Waals surface area contributed by atoms with E-state index in [1.165, 1.54) is 6.07 Å². The molecule has 1 heterocycles. The van der Waals surface area contributed by atoms with E-state index in [0.717, 1.165) is 28.6 Å². The first-order chi connectivity index (χ1) is 12.0. The molecule has 3 aromatic rings. The number of H-pyrrole nitrogens is 1. The Morgan fingerprint density at radius 2 is 2.00 bits per heavy atom. The van der Waals surface area contributed by atoms with E-state index >= 15 is 0 Å². The van der Waals surface area contributed by atoms with Gasteiger partial charge in [-0.2, -0.15) is 0 Å². The van der Waals surface area contributed by atoms with Crippen LogP contribution in [-0.2, 0) is 10.2 Å². The molecule has 1 aliphatic rings. The topological polar surface area (TPSA) is 54.1 Å². The number of aromatic amines is 1. The Kier molecular flexibility index (Phi) is 3.49. The minimum Gasteiger partial charge on any atom is -0.497 e. The molecular formula is C19H16F2N2O2. The summed E-state index contributed by atoms with van der Waals surface area (Å²) in [5.41, 5.74) is 1.05. The Morgan fingerprint density at radius 1 is 1.20 bits per heavy atom. The minimum atomic E-state index is -0.787. The maximum Gasteiger partial charge on any atom is 0.235 e. The van der Waals surface area contributed by atoms with Crippen molar-refractivity contribution in [3.05, 3.63) is 59.8 Å². The molecule has 6 heteroatoms. The minimum absolute atomic E-state index is 0.0184. The Hall–Kier alpha value is -2.89. The lowest BCUT2D eigenvalue weighted by Crippen LogP contribution is -2.28. The predicted molar refractivity (Wildman–Crippen MR) is 90.8 cm³/mol. The van der Waals surface area contributed by atoms with E-state index in [4.69, 9.17) is 4.74 Å². The van der Waals surface area contributed by atoms with E-state index in [2.05, 4.69) is 10.3 Å². The van der Waals surface area contributed by atoms with Gasteiger partial charge in [0.15, 0.2) is 0 Å². The summed E-state index contributed by atoms with van der Waals surface area (Å²) in [5, 5.41) is 3.50. The highest BCUT2D eigenvalue weighted by molar-refractivity contribution is 6.04. The number of aromatic nitrogens is 1. The van der Waals surface area contributed by atoms with E-state index in [1.807, 2.05) is 24.4 Å². The summed E-state index contributed by atoms with van der Waals surface area (Å²) >= 11 is 0. The van der Waals surface area contributed by atoms with E-state index in [0.29, 0.717) is 18.6 Å². The zero-order valence-electron chi connectivity index (χ0n) is 13.5. The van der Waals surface area contributed by atoms with Crippen LogP contribution in [0, 0.1) is 11.6 Å². The molecule has 0 bridgehead atoms. The quantitative estimate of drug-likeness (QED) is 0.749. The Labute approximate surface area is 142 Å². The van der Waals surface area contributed by atoms with Crippen LogP contribution in [0.5, 0.6) is 5.75 Å². The fraction of sp³-hybridized carbons (Fsp3) is 0.211. The molecule has 0 aliphatic heterocycles. The maximum absolute atomic E-state index is 13.8. The first-order valence-corrected chi connectivity index (χ1v) is 7.95. The van der Waals surface area contributed by atoms with Gasteiger partial charge in [-0.15, -0.1) is 0 Å². The number of fused-ring (bicyclic) bond motifs is 1. The average molecular weight is 342 g/mol. The molecule has 1 amide bonds. The van der Waals surface area contributed by atoms with Crippen molar-refractivity contribution in [2.75, 3.05) is 12.4 Å². The molecule has 2 aromatic carbocycles. The van der Waals surface area contributed by atoms with Crippen LogP contribution in [0.2, 0.25) is 0 Å². The summed E-state index contributed by atoms with van der Waals surface area (Å²) in [6, 6.07) is 8.73. The first kappa shape index (κ1) is 15.6. The Morgan fingerprint density at radius 3 is 2.68 bits per heavy atom. The molecule has 1 fully saturated rings. The highest BCUT2D eigenvalue weighted by Gasteiger charge is 2.52. The number of halogens is 2. The molecule has 128 valence electrons. The van der Waals surface area contributed by atoms with Crippen LogP contribution in [0.25, 0.3) is 10.9 Å².